The highest BCUT2D eigenvalue weighted by atomic mass is 35.5. The predicted molar refractivity (Wildman–Crippen MR) is 121 cm³/mol. The molecule has 0 radical (unpaired) electrons. The van der Waals surface area contributed by atoms with Crippen molar-refractivity contribution in [2.45, 2.75) is 13.0 Å². The normalized spacial score (nSPS) is 12.2. The molecule has 0 bridgehead atoms. The fourth-order valence-corrected chi connectivity index (χ4v) is 4.45. The summed E-state index contributed by atoms with van der Waals surface area (Å²) in [4.78, 5) is 0. The smallest absolute Gasteiger partial charge is 0.283 e. The number of rotatable bonds is 7. The SMILES string of the molecule is C[n+]1c(/C=C/Nc2cc(Cl)cc(Cl)c2)n(CCCS(=O)(=O)[O-])c2cc(Cl)c(Cl)cc21. The zero-order chi connectivity index (χ0) is 22.1. The van der Waals surface area contributed by atoms with Crippen LogP contribution in [0.2, 0.25) is 20.1 Å². The molecule has 0 spiro atoms. The Kier molecular flexibility index (Phi) is 7.22. The van der Waals surface area contributed by atoms with Gasteiger partial charge in [0.15, 0.2) is 11.0 Å². The van der Waals surface area contributed by atoms with E-state index in [1.165, 1.54) is 0 Å². The van der Waals surface area contributed by atoms with Crippen LogP contribution in [0.15, 0.2) is 36.5 Å². The van der Waals surface area contributed by atoms with Crippen LogP contribution in [0.5, 0.6) is 0 Å². The summed E-state index contributed by atoms with van der Waals surface area (Å²) in [6.45, 7) is 0.305. The summed E-state index contributed by atoms with van der Waals surface area (Å²) in [6.07, 6.45) is 3.68. The van der Waals surface area contributed by atoms with Crippen LogP contribution < -0.4 is 9.88 Å². The van der Waals surface area contributed by atoms with E-state index < -0.39 is 15.9 Å². The maximum atomic E-state index is 11.0. The Bertz CT molecular complexity index is 1220. The molecule has 0 atom stereocenters. The Labute approximate surface area is 194 Å². The molecule has 0 aliphatic heterocycles. The van der Waals surface area contributed by atoms with E-state index in [-0.39, 0.29) is 6.42 Å². The highest BCUT2D eigenvalue weighted by Gasteiger charge is 2.22. The van der Waals surface area contributed by atoms with E-state index in [1.54, 1.807) is 36.5 Å². The van der Waals surface area contributed by atoms with Crippen molar-refractivity contribution in [1.29, 1.82) is 0 Å². The monoisotopic (exact) mass is 507 g/mol. The lowest BCUT2D eigenvalue weighted by Gasteiger charge is -2.06. The first-order valence-corrected chi connectivity index (χ1v) is 11.8. The Morgan fingerprint density at radius 3 is 2.33 bits per heavy atom. The molecule has 0 aliphatic carbocycles. The van der Waals surface area contributed by atoms with Gasteiger partial charge in [-0.1, -0.05) is 46.4 Å². The molecule has 0 fully saturated rings. The van der Waals surface area contributed by atoms with Crippen LogP contribution in [-0.2, 0) is 23.7 Å². The van der Waals surface area contributed by atoms with E-state index in [9.17, 15) is 13.0 Å². The molecule has 0 unspecified atom stereocenters. The van der Waals surface area contributed by atoms with Gasteiger partial charge in [0.25, 0.3) is 5.82 Å². The first-order valence-electron chi connectivity index (χ1n) is 8.75. The molecule has 3 rings (SSSR count). The van der Waals surface area contributed by atoms with Gasteiger partial charge in [-0.15, -0.1) is 0 Å². The second-order valence-electron chi connectivity index (χ2n) is 6.58. The van der Waals surface area contributed by atoms with Crippen molar-refractivity contribution in [2.75, 3.05) is 11.1 Å². The zero-order valence-electron chi connectivity index (χ0n) is 15.7. The number of hydrogen-bond donors (Lipinski definition) is 1. The van der Waals surface area contributed by atoms with Gasteiger partial charge in [0.1, 0.15) is 0 Å². The van der Waals surface area contributed by atoms with E-state index in [2.05, 4.69) is 5.32 Å². The van der Waals surface area contributed by atoms with Crippen molar-refractivity contribution in [3.8, 4) is 0 Å². The first-order chi connectivity index (χ1) is 14.0. The summed E-state index contributed by atoms with van der Waals surface area (Å²) >= 11 is 24.4. The Balaban J connectivity index is 1.98. The van der Waals surface area contributed by atoms with E-state index in [4.69, 9.17) is 46.4 Å². The molecule has 0 saturated heterocycles. The van der Waals surface area contributed by atoms with Crippen molar-refractivity contribution in [2.24, 2.45) is 7.05 Å². The average molecular weight is 509 g/mol. The highest BCUT2D eigenvalue weighted by molar-refractivity contribution is 7.85. The molecular formula is C19H17Cl4N3O3S. The van der Waals surface area contributed by atoms with E-state index in [0.29, 0.717) is 32.3 Å². The molecule has 2 aromatic carbocycles. The summed E-state index contributed by atoms with van der Waals surface area (Å²) in [5, 5.41) is 4.89. The third-order valence-electron chi connectivity index (χ3n) is 4.41. The van der Waals surface area contributed by atoms with E-state index >= 15 is 0 Å². The minimum atomic E-state index is -4.30. The largest absolute Gasteiger partial charge is 0.748 e. The Hall–Kier alpha value is -1.48. The number of hydrogen-bond acceptors (Lipinski definition) is 4. The second-order valence-corrected chi connectivity index (χ2v) is 9.79. The molecule has 1 aromatic heterocycles. The summed E-state index contributed by atoms with van der Waals surface area (Å²) in [5.74, 6) is 0.285. The minimum Gasteiger partial charge on any atom is -0.748 e. The number of nitrogens with one attached hydrogen (secondary N) is 1. The molecule has 30 heavy (non-hydrogen) atoms. The predicted octanol–water partition coefficient (Wildman–Crippen LogP) is 5.10. The molecule has 0 amide bonds. The molecular weight excluding hydrogens is 492 g/mol. The van der Waals surface area contributed by atoms with E-state index in [0.717, 1.165) is 16.9 Å². The van der Waals surface area contributed by atoms with Gasteiger partial charge in [0.2, 0.25) is 0 Å². The standard InChI is InChI=1S/C19H17Cl4N3O3S/c1-25-17-10-15(22)16(23)11-18(17)26(5-2-6-30(27,28)29)19(25)3-4-24-14-8-12(20)7-13(21)9-14/h3-4,7-11H,2,5-6H2,1H3,(H,27,28,29). The van der Waals surface area contributed by atoms with Gasteiger partial charge in [-0.25, -0.2) is 17.6 Å². The first kappa shape index (κ1) is 23.2. The third-order valence-corrected chi connectivity index (χ3v) is 6.36. The van der Waals surface area contributed by atoms with Gasteiger partial charge >= 0.3 is 0 Å². The van der Waals surface area contributed by atoms with Gasteiger partial charge in [-0.05, 0) is 24.6 Å². The number of aryl methyl sites for hydroxylation is 2. The lowest BCUT2D eigenvalue weighted by Crippen LogP contribution is -2.31. The fraction of sp³-hybridized carbons (Fsp3) is 0.211. The number of fused-ring (bicyclic) bond motifs is 1. The third kappa shape index (κ3) is 5.60. The van der Waals surface area contributed by atoms with Crippen LogP contribution in [0, 0.1) is 0 Å². The van der Waals surface area contributed by atoms with Crippen LogP contribution in [0.4, 0.5) is 5.69 Å². The Morgan fingerprint density at radius 1 is 1.07 bits per heavy atom. The quantitative estimate of drug-likeness (QED) is 0.356. The molecule has 1 N–H and O–H groups in total. The molecule has 6 nitrogen and oxygen atoms in total. The van der Waals surface area contributed by atoms with Crippen LogP contribution in [0.1, 0.15) is 12.2 Å². The number of aromatic nitrogens is 2. The van der Waals surface area contributed by atoms with Gasteiger partial charge in [0, 0.05) is 45.9 Å². The van der Waals surface area contributed by atoms with Gasteiger partial charge in [0.05, 0.1) is 33.8 Å². The topological polar surface area (TPSA) is 78.0 Å². The molecule has 0 saturated carbocycles. The summed E-state index contributed by atoms with van der Waals surface area (Å²) < 4.78 is 36.8. The lowest BCUT2D eigenvalue weighted by molar-refractivity contribution is -0.647. The van der Waals surface area contributed by atoms with Crippen molar-refractivity contribution in [3.05, 3.63) is 62.4 Å². The van der Waals surface area contributed by atoms with Crippen LogP contribution in [-0.4, -0.2) is 23.3 Å². The van der Waals surface area contributed by atoms with Gasteiger partial charge in [-0.3, -0.25) is 0 Å². The van der Waals surface area contributed by atoms with Crippen molar-refractivity contribution in [1.82, 2.24) is 4.57 Å². The number of benzene rings is 2. The number of nitrogens with zero attached hydrogens (tertiary/aromatic N) is 2. The van der Waals surface area contributed by atoms with Crippen molar-refractivity contribution < 1.29 is 17.5 Å². The molecule has 11 heteroatoms. The van der Waals surface area contributed by atoms with Crippen LogP contribution >= 0.6 is 46.4 Å². The van der Waals surface area contributed by atoms with Gasteiger partial charge in [-0.2, -0.15) is 0 Å². The molecule has 1 heterocycles. The summed E-state index contributed by atoms with van der Waals surface area (Å²) in [5.41, 5.74) is 2.28. The Morgan fingerprint density at radius 2 is 1.70 bits per heavy atom. The number of imidazole rings is 1. The van der Waals surface area contributed by atoms with E-state index in [1.807, 2.05) is 22.3 Å². The molecule has 3 aromatic rings. The number of halogens is 4. The maximum absolute atomic E-state index is 11.0. The lowest BCUT2D eigenvalue weighted by atomic mass is 10.3. The fourth-order valence-electron chi connectivity index (χ4n) is 3.12. The molecule has 160 valence electrons. The maximum Gasteiger partial charge on any atom is 0.283 e. The van der Waals surface area contributed by atoms with Crippen LogP contribution in [0.3, 0.4) is 0 Å². The molecule has 0 aliphatic rings. The van der Waals surface area contributed by atoms with Crippen molar-refractivity contribution >= 4 is 79.3 Å². The van der Waals surface area contributed by atoms with Gasteiger partial charge < -0.3 is 9.87 Å². The summed E-state index contributed by atoms with van der Waals surface area (Å²) in [7, 11) is -2.45. The number of anilines is 1. The minimum absolute atomic E-state index is 0.161. The zero-order valence-corrected chi connectivity index (χ0v) is 19.5. The average Bonchev–Trinajstić information content (AvgIpc) is 2.86. The summed E-state index contributed by atoms with van der Waals surface area (Å²) in [6, 6.07) is 8.54. The highest BCUT2D eigenvalue weighted by Crippen LogP contribution is 2.28. The van der Waals surface area contributed by atoms with Crippen molar-refractivity contribution in [3.63, 3.8) is 0 Å². The van der Waals surface area contributed by atoms with Crippen LogP contribution in [0.25, 0.3) is 17.1 Å². The second kappa shape index (κ2) is 9.34.